The Morgan fingerprint density at radius 1 is 1.46 bits per heavy atom. The van der Waals surface area contributed by atoms with Gasteiger partial charge in [0.25, 0.3) is 0 Å². The van der Waals surface area contributed by atoms with Gasteiger partial charge in [0.1, 0.15) is 0 Å². The van der Waals surface area contributed by atoms with Crippen molar-refractivity contribution >= 4 is 5.97 Å². The van der Waals surface area contributed by atoms with Crippen LogP contribution in [0.4, 0.5) is 0 Å². The predicted molar refractivity (Wildman–Crippen MR) is 47.0 cm³/mol. The summed E-state index contributed by atoms with van der Waals surface area (Å²) >= 11 is 0. The highest BCUT2D eigenvalue weighted by Gasteiger charge is 2.48. The molecule has 3 unspecified atom stereocenters. The highest BCUT2D eigenvalue weighted by Crippen LogP contribution is 2.40. The van der Waals surface area contributed by atoms with Gasteiger partial charge in [-0.3, -0.25) is 4.79 Å². The monoisotopic (exact) mass is 184 g/mol. The number of hydrogen-bond acceptors (Lipinski definition) is 3. The molecule has 2 rings (SSSR count). The Kier molecular flexibility index (Phi) is 2.06. The van der Waals surface area contributed by atoms with E-state index in [4.69, 9.17) is 9.47 Å². The molecule has 0 aromatic rings. The second-order valence-corrected chi connectivity index (χ2v) is 4.25. The van der Waals surface area contributed by atoms with E-state index >= 15 is 0 Å². The average Bonchev–Trinajstić information content (AvgIpc) is 2.18. The first-order valence-corrected chi connectivity index (χ1v) is 5.00. The van der Waals surface area contributed by atoms with E-state index in [1.807, 2.05) is 13.8 Å². The molecule has 2 saturated heterocycles. The Hall–Kier alpha value is -0.570. The fraction of sp³-hybridized carbons (Fsp3) is 0.900. The van der Waals surface area contributed by atoms with Crippen LogP contribution in [0.2, 0.25) is 0 Å². The number of hydrogen-bond donors (Lipinski definition) is 0. The lowest BCUT2D eigenvalue weighted by Gasteiger charge is -2.29. The molecule has 0 radical (unpaired) electrons. The first kappa shape index (κ1) is 9.00. The zero-order valence-corrected chi connectivity index (χ0v) is 8.21. The lowest BCUT2D eigenvalue weighted by molar-refractivity contribution is -0.231. The standard InChI is InChI=1S/C10H16O3/c1-7-4-3-5-8-6-9(11)13-10(8,2)12-7/h7-8H,3-6H2,1-2H3. The second kappa shape index (κ2) is 2.98. The van der Waals surface area contributed by atoms with Crippen molar-refractivity contribution in [2.75, 3.05) is 0 Å². The van der Waals surface area contributed by atoms with Gasteiger partial charge in [0.2, 0.25) is 5.79 Å². The fourth-order valence-electron chi connectivity index (χ4n) is 2.33. The van der Waals surface area contributed by atoms with Crippen molar-refractivity contribution in [2.45, 2.75) is 51.4 Å². The van der Waals surface area contributed by atoms with Gasteiger partial charge in [-0.2, -0.15) is 0 Å². The first-order valence-electron chi connectivity index (χ1n) is 5.00. The van der Waals surface area contributed by atoms with Gasteiger partial charge < -0.3 is 9.47 Å². The number of carbonyl (C=O) groups is 1. The van der Waals surface area contributed by atoms with Crippen molar-refractivity contribution in [1.29, 1.82) is 0 Å². The van der Waals surface area contributed by atoms with Gasteiger partial charge in [0, 0.05) is 12.8 Å². The summed E-state index contributed by atoms with van der Waals surface area (Å²) in [5, 5.41) is 0. The largest absolute Gasteiger partial charge is 0.433 e. The third-order valence-electron chi connectivity index (χ3n) is 3.07. The van der Waals surface area contributed by atoms with Crippen molar-refractivity contribution in [1.82, 2.24) is 0 Å². The molecule has 2 aliphatic heterocycles. The molecule has 2 heterocycles. The Bertz CT molecular complexity index is 226. The molecule has 3 atom stereocenters. The minimum absolute atomic E-state index is 0.110. The van der Waals surface area contributed by atoms with Crippen molar-refractivity contribution in [3.8, 4) is 0 Å². The Labute approximate surface area is 78.4 Å². The predicted octanol–water partition coefficient (Wildman–Crippen LogP) is 1.85. The number of fused-ring (bicyclic) bond motifs is 1. The van der Waals surface area contributed by atoms with Crippen molar-refractivity contribution < 1.29 is 14.3 Å². The normalized spacial score (nSPS) is 45.2. The van der Waals surface area contributed by atoms with Crippen LogP contribution in [0.3, 0.4) is 0 Å². The highest BCUT2D eigenvalue weighted by atomic mass is 16.7. The summed E-state index contributed by atoms with van der Waals surface area (Å²) in [5.41, 5.74) is 0. The summed E-state index contributed by atoms with van der Waals surface area (Å²) in [7, 11) is 0. The van der Waals surface area contributed by atoms with Gasteiger partial charge >= 0.3 is 5.97 Å². The topological polar surface area (TPSA) is 35.5 Å². The molecular weight excluding hydrogens is 168 g/mol. The Balaban J connectivity index is 2.17. The van der Waals surface area contributed by atoms with Crippen LogP contribution in [0.15, 0.2) is 0 Å². The lowest BCUT2D eigenvalue weighted by Crippen LogP contribution is -2.36. The molecule has 0 aromatic heterocycles. The van der Waals surface area contributed by atoms with E-state index in [-0.39, 0.29) is 18.0 Å². The summed E-state index contributed by atoms with van der Waals surface area (Å²) in [6.45, 7) is 3.93. The van der Waals surface area contributed by atoms with Crippen molar-refractivity contribution in [3.63, 3.8) is 0 Å². The summed E-state index contributed by atoms with van der Waals surface area (Å²) in [6.07, 6.45) is 4.00. The van der Waals surface area contributed by atoms with Gasteiger partial charge in [-0.15, -0.1) is 0 Å². The maximum atomic E-state index is 11.1. The number of ether oxygens (including phenoxy) is 2. The molecule has 0 aliphatic carbocycles. The molecule has 0 amide bonds. The summed E-state index contributed by atoms with van der Waals surface area (Å²) in [5.74, 6) is -0.473. The zero-order valence-electron chi connectivity index (χ0n) is 8.21. The van der Waals surface area contributed by atoms with Gasteiger partial charge in [0.15, 0.2) is 0 Å². The van der Waals surface area contributed by atoms with Crippen molar-refractivity contribution in [3.05, 3.63) is 0 Å². The van der Waals surface area contributed by atoms with E-state index in [1.165, 1.54) is 0 Å². The van der Waals surface area contributed by atoms with E-state index in [2.05, 4.69) is 0 Å². The lowest BCUT2D eigenvalue weighted by atomic mass is 9.94. The minimum Gasteiger partial charge on any atom is -0.433 e. The van der Waals surface area contributed by atoms with Crippen LogP contribution in [0.1, 0.15) is 39.5 Å². The molecule has 0 saturated carbocycles. The van der Waals surface area contributed by atoms with Gasteiger partial charge in [-0.05, 0) is 19.8 Å². The van der Waals surface area contributed by atoms with Crippen LogP contribution in [-0.4, -0.2) is 17.9 Å². The summed E-state index contributed by atoms with van der Waals surface area (Å²) in [4.78, 5) is 11.1. The first-order chi connectivity index (χ1) is 6.10. The Morgan fingerprint density at radius 2 is 2.23 bits per heavy atom. The molecule has 0 aromatic carbocycles. The molecule has 0 N–H and O–H groups in total. The van der Waals surface area contributed by atoms with Crippen LogP contribution >= 0.6 is 0 Å². The molecule has 3 nitrogen and oxygen atoms in total. The maximum Gasteiger partial charge on any atom is 0.308 e. The highest BCUT2D eigenvalue weighted by molar-refractivity contribution is 5.72. The fourth-order valence-corrected chi connectivity index (χ4v) is 2.33. The minimum atomic E-state index is -0.632. The second-order valence-electron chi connectivity index (χ2n) is 4.25. The van der Waals surface area contributed by atoms with E-state index < -0.39 is 5.79 Å². The van der Waals surface area contributed by atoms with Crippen LogP contribution in [0.5, 0.6) is 0 Å². The van der Waals surface area contributed by atoms with Crippen LogP contribution < -0.4 is 0 Å². The maximum absolute atomic E-state index is 11.1. The average molecular weight is 184 g/mol. The molecular formula is C10H16O3. The molecule has 13 heavy (non-hydrogen) atoms. The van der Waals surface area contributed by atoms with Crippen LogP contribution in [-0.2, 0) is 14.3 Å². The molecule has 3 heteroatoms. The quantitative estimate of drug-likeness (QED) is 0.539. The van der Waals surface area contributed by atoms with Crippen LogP contribution in [0.25, 0.3) is 0 Å². The third kappa shape index (κ3) is 1.57. The molecule has 0 bridgehead atoms. The smallest absolute Gasteiger partial charge is 0.308 e. The van der Waals surface area contributed by atoms with Crippen molar-refractivity contribution in [2.24, 2.45) is 5.92 Å². The number of esters is 1. The van der Waals surface area contributed by atoms with E-state index in [1.54, 1.807) is 0 Å². The molecule has 0 spiro atoms. The van der Waals surface area contributed by atoms with E-state index in [0.29, 0.717) is 6.42 Å². The van der Waals surface area contributed by atoms with E-state index in [9.17, 15) is 4.79 Å². The molecule has 74 valence electrons. The Morgan fingerprint density at radius 3 is 3.00 bits per heavy atom. The summed E-state index contributed by atoms with van der Waals surface area (Å²) in [6, 6.07) is 0. The summed E-state index contributed by atoms with van der Waals surface area (Å²) < 4.78 is 11.0. The molecule has 2 fully saturated rings. The third-order valence-corrected chi connectivity index (χ3v) is 3.07. The van der Waals surface area contributed by atoms with Gasteiger partial charge in [0.05, 0.1) is 12.5 Å². The SMILES string of the molecule is CC1CCCC2CC(=O)OC2(C)O1. The molecule has 2 aliphatic rings. The van der Waals surface area contributed by atoms with Gasteiger partial charge in [-0.25, -0.2) is 0 Å². The van der Waals surface area contributed by atoms with E-state index in [0.717, 1.165) is 19.3 Å². The van der Waals surface area contributed by atoms with Crippen LogP contribution in [0, 0.1) is 5.92 Å². The number of carbonyl (C=O) groups excluding carboxylic acids is 1. The zero-order chi connectivity index (χ0) is 9.47. The number of rotatable bonds is 0. The van der Waals surface area contributed by atoms with Gasteiger partial charge in [-0.1, -0.05) is 6.42 Å².